The first kappa shape index (κ1) is 14.4. The third-order valence-electron chi connectivity index (χ3n) is 2.99. The van der Waals surface area contributed by atoms with Crippen molar-refractivity contribution in [3.8, 4) is 0 Å². The Labute approximate surface area is 115 Å². The van der Waals surface area contributed by atoms with Crippen LogP contribution in [0.15, 0.2) is 42.0 Å². The summed E-state index contributed by atoms with van der Waals surface area (Å²) in [6.07, 6.45) is 6.19. The molecule has 0 saturated heterocycles. The summed E-state index contributed by atoms with van der Waals surface area (Å²) in [5.74, 6) is -1.65. The number of rotatable bonds is 5. The molecule has 2 rings (SSSR count). The molecule has 2 N–H and O–H groups in total. The maximum atomic E-state index is 13.1. The second kappa shape index (κ2) is 6.43. The molecular weight excluding hydrogens is 264 g/mol. The van der Waals surface area contributed by atoms with Crippen LogP contribution in [0.2, 0.25) is 0 Å². The number of carbonyl (C=O) groups excluding carboxylic acids is 1. The van der Waals surface area contributed by atoms with E-state index in [2.05, 4.69) is 5.32 Å². The summed E-state index contributed by atoms with van der Waals surface area (Å²) in [4.78, 5) is 11.8. The Morgan fingerprint density at radius 3 is 2.55 bits per heavy atom. The maximum absolute atomic E-state index is 13.1. The minimum Gasteiger partial charge on any atom is -0.394 e. The first-order valence-electron chi connectivity index (χ1n) is 6.32. The Balaban J connectivity index is 2.01. The lowest BCUT2D eigenvalue weighted by atomic mass is 10.1. The lowest BCUT2D eigenvalue weighted by Crippen LogP contribution is -2.39. The van der Waals surface area contributed by atoms with Gasteiger partial charge in [0, 0.05) is 11.6 Å². The van der Waals surface area contributed by atoms with Gasteiger partial charge >= 0.3 is 0 Å². The molecule has 1 aromatic rings. The predicted molar refractivity (Wildman–Crippen MR) is 70.9 cm³/mol. The fourth-order valence-corrected chi connectivity index (χ4v) is 2.07. The largest absolute Gasteiger partial charge is 0.394 e. The number of aliphatic hydroxyl groups excluding tert-OH is 1. The smallest absolute Gasteiger partial charge is 0.251 e. The topological polar surface area (TPSA) is 49.3 Å². The lowest BCUT2D eigenvalue weighted by molar-refractivity contribution is -0.118. The van der Waals surface area contributed by atoms with Gasteiger partial charge in [0.25, 0.3) is 5.91 Å². The van der Waals surface area contributed by atoms with Gasteiger partial charge in [0.05, 0.1) is 12.6 Å². The molecule has 0 aromatic heterocycles. The number of amides is 1. The third-order valence-corrected chi connectivity index (χ3v) is 2.99. The van der Waals surface area contributed by atoms with Crippen molar-refractivity contribution in [1.29, 1.82) is 0 Å². The van der Waals surface area contributed by atoms with E-state index in [-0.39, 0.29) is 18.9 Å². The highest BCUT2D eigenvalue weighted by atomic mass is 19.1. The number of halogens is 2. The van der Waals surface area contributed by atoms with Crippen LogP contribution in [0.3, 0.4) is 0 Å². The highest BCUT2D eigenvalue weighted by molar-refractivity contribution is 5.96. The van der Waals surface area contributed by atoms with Crippen molar-refractivity contribution >= 4 is 5.91 Å². The van der Waals surface area contributed by atoms with Crippen LogP contribution in [-0.2, 0) is 11.2 Å². The quantitative estimate of drug-likeness (QED) is 0.864. The minimum absolute atomic E-state index is 0.161. The molecule has 0 fully saturated rings. The van der Waals surface area contributed by atoms with Crippen LogP contribution in [0.4, 0.5) is 8.78 Å². The summed E-state index contributed by atoms with van der Waals surface area (Å²) in [6.45, 7) is -0.305. The lowest BCUT2D eigenvalue weighted by Gasteiger charge is -2.16. The molecule has 3 nitrogen and oxygen atoms in total. The number of benzene rings is 1. The zero-order valence-electron chi connectivity index (χ0n) is 10.8. The second-order valence-electron chi connectivity index (χ2n) is 4.63. The number of hydrogen-bond acceptors (Lipinski definition) is 2. The summed E-state index contributed by atoms with van der Waals surface area (Å²) in [5.41, 5.74) is 0.923. The summed E-state index contributed by atoms with van der Waals surface area (Å²) in [5, 5.41) is 11.9. The molecule has 1 aliphatic rings. The number of allylic oxidation sites excluding steroid dienone is 2. The van der Waals surface area contributed by atoms with E-state index in [0.717, 1.165) is 6.07 Å². The molecule has 0 aliphatic heterocycles. The molecule has 5 heteroatoms. The van der Waals surface area contributed by atoms with Gasteiger partial charge in [0.15, 0.2) is 0 Å². The Hall–Kier alpha value is -2.01. The standard InChI is InChI=1S/C15H15F2NO2/c16-12-5-10(6-13(17)8-12)7-14(9-19)18-15(20)11-3-1-2-4-11/h1,3-6,8,14,19H,2,7,9H2,(H,18,20)/t14-/m0/s1. The van der Waals surface area contributed by atoms with E-state index in [0.29, 0.717) is 17.6 Å². The summed E-state index contributed by atoms with van der Waals surface area (Å²) in [6, 6.07) is 2.57. The van der Waals surface area contributed by atoms with E-state index >= 15 is 0 Å². The van der Waals surface area contributed by atoms with Crippen molar-refractivity contribution in [2.24, 2.45) is 0 Å². The highest BCUT2D eigenvalue weighted by Crippen LogP contribution is 2.12. The van der Waals surface area contributed by atoms with Gasteiger partial charge in [-0.1, -0.05) is 18.2 Å². The molecule has 106 valence electrons. The average molecular weight is 279 g/mol. The SMILES string of the molecule is O=C(N[C@H](CO)Cc1cc(F)cc(F)c1)C1=CCC=C1. The molecule has 0 unspecified atom stereocenters. The summed E-state index contributed by atoms with van der Waals surface area (Å²) >= 11 is 0. The molecule has 20 heavy (non-hydrogen) atoms. The molecule has 1 aromatic carbocycles. The Morgan fingerprint density at radius 2 is 2.00 bits per heavy atom. The van der Waals surface area contributed by atoms with Crippen LogP contribution in [0.25, 0.3) is 0 Å². The first-order chi connectivity index (χ1) is 9.58. The van der Waals surface area contributed by atoms with E-state index < -0.39 is 17.7 Å². The minimum atomic E-state index is -0.676. The van der Waals surface area contributed by atoms with Crippen LogP contribution in [-0.4, -0.2) is 23.7 Å². The first-order valence-corrected chi connectivity index (χ1v) is 6.32. The average Bonchev–Trinajstić information content (AvgIpc) is 2.90. The summed E-state index contributed by atoms with van der Waals surface area (Å²) in [7, 11) is 0. The normalized spacial score (nSPS) is 15.1. The van der Waals surface area contributed by atoms with Gasteiger partial charge in [-0.3, -0.25) is 4.79 Å². The van der Waals surface area contributed by atoms with Crippen molar-refractivity contribution in [1.82, 2.24) is 5.32 Å². The van der Waals surface area contributed by atoms with Crippen molar-refractivity contribution in [3.63, 3.8) is 0 Å². The van der Waals surface area contributed by atoms with Gasteiger partial charge in [0.1, 0.15) is 11.6 Å². The van der Waals surface area contributed by atoms with Gasteiger partial charge in [-0.15, -0.1) is 0 Å². The third kappa shape index (κ3) is 3.74. The van der Waals surface area contributed by atoms with Gasteiger partial charge in [-0.2, -0.15) is 0 Å². The molecule has 0 saturated carbocycles. The van der Waals surface area contributed by atoms with Crippen molar-refractivity contribution in [2.45, 2.75) is 18.9 Å². The molecule has 1 atom stereocenters. The van der Waals surface area contributed by atoms with Crippen LogP contribution in [0, 0.1) is 11.6 Å². The molecule has 1 amide bonds. The Bertz CT molecular complexity index is 547. The molecule has 0 radical (unpaired) electrons. The van der Waals surface area contributed by atoms with Gasteiger partial charge in [0.2, 0.25) is 0 Å². The monoisotopic (exact) mass is 279 g/mol. The van der Waals surface area contributed by atoms with Gasteiger partial charge in [-0.05, 0) is 30.5 Å². The van der Waals surface area contributed by atoms with Gasteiger partial charge in [-0.25, -0.2) is 8.78 Å². The van der Waals surface area contributed by atoms with Crippen LogP contribution < -0.4 is 5.32 Å². The van der Waals surface area contributed by atoms with E-state index in [9.17, 15) is 18.7 Å². The van der Waals surface area contributed by atoms with E-state index in [4.69, 9.17) is 0 Å². The van der Waals surface area contributed by atoms with Crippen molar-refractivity contribution in [2.75, 3.05) is 6.61 Å². The maximum Gasteiger partial charge on any atom is 0.251 e. The van der Waals surface area contributed by atoms with Crippen molar-refractivity contribution < 1.29 is 18.7 Å². The number of carbonyl (C=O) groups is 1. The van der Waals surface area contributed by atoms with Crippen LogP contribution in [0.5, 0.6) is 0 Å². The van der Waals surface area contributed by atoms with E-state index in [1.165, 1.54) is 12.1 Å². The summed E-state index contributed by atoms with van der Waals surface area (Å²) < 4.78 is 26.2. The second-order valence-corrected chi connectivity index (χ2v) is 4.63. The van der Waals surface area contributed by atoms with E-state index in [1.54, 1.807) is 12.2 Å². The van der Waals surface area contributed by atoms with Crippen LogP contribution in [0.1, 0.15) is 12.0 Å². The molecular formula is C15H15F2NO2. The van der Waals surface area contributed by atoms with Crippen LogP contribution >= 0.6 is 0 Å². The zero-order valence-corrected chi connectivity index (χ0v) is 10.8. The van der Waals surface area contributed by atoms with Crippen molar-refractivity contribution in [3.05, 3.63) is 59.2 Å². The van der Waals surface area contributed by atoms with Gasteiger partial charge < -0.3 is 10.4 Å². The predicted octanol–water partition coefficient (Wildman–Crippen LogP) is 1.87. The molecule has 0 heterocycles. The zero-order chi connectivity index (χ0) is 14.5. The molecule has 0 spiro atoms. The number of nitrogens with one attached hydrogen (secondary N) is 1. The fourth-order valence-electron chi connectivity index (χ4n) is 2.07. The van der Waals surface area contributed by atoms with E-state index in [1.807, 2.05) is 6.08 Å². The molecule has 0 bridgehead atoms. The Kier molecular flexibility index (Phi) is 4.63. The highest BCUT2D eigenvalue weighted by Gasteiger charge is 2.16. The number of hydrogen-bond donors (Lipinski definition) is 2. The number of aliphatic hydroxyl groups is 1. The fraction of sp³-hybridized carbons (Fsp3) is 0.267. The Morgan fingerprint density at radius 1 is 1.30 bits per heavy atom. The molecule has 1 aliphatic carbocycles.